The van der Waals surface area contributed by atoms with Crippen molar-refractivity contribution in [1.82, 2.24) is 10.2 Å². The molecule has 1 heterocycles. The van der Waals surface area contributed by atoms with Gasteiger partial charge in [0.1, 0.15) is 0 Å². The van der Waals surface area contributed by atoms with Crippen molar-refractivity contribution in [3.8, 4) is 0 Å². The molecule has 2 heteroatoms. The summed E-state index contributed by atoms with van der Waals surface area (Å²) < 4.78 is 0. The number of hydrogen-bond donors (Lipinski definition) is 1. The molecule has 1 aliphatic heterocycles. The summed E-state index contributed by atoms with van der Waals surface area (Å²) in [5.41, 5.74) is 0.582. The van der Waals surface area contributed by atoms with Crippen LogP contribution in [0.4, 0.5) is 0 Å². The number of nitrogens with zero attached hydrogens (tertiary/aromatic N) is 1. The van der Waals surface area contributed by atoms with Crippen molar-refractivity contribution in [3.05, 3.63) is 0 Å². The SMILES string of the molecule is CC1CCC(CNC2CC2)(CN2CC(C)C(C)C2)CC1. The van der Waals surface area contributed by atoms with Crippen molar-refractivity contribution >= 4 is 0 Å². The van der Waals surface area contributed by atoms with E-state index in [4.69, 9.17) is 0 Å². The van der Waals surface area contributed by atoms with E-state index in [9.17, 15) is 0 Å². The summed E-state index contributed by atoms with van der Waals surface area (Å²) in [5.74, 6) is 2.75. The highest BCUT2D eigenvalue weighted by Crippen LogP contribution is 2.41. The zero-order valence-electron chi connectivity index (χ0n) is 13.8. The van der Waals surface area contributed by atoms with E-state index in [1.807, 2.05) is 0 Å². The lowest BCUT2D eigenvalue weighted by molar-refractivity contribution is 0.0952. The van der Waals surface area contributed by atoms with E-state index in [1.54, 1.807) is 0 Å². The van der Waals surface area contributed by atoms with E-state index in [0.717, 1.165) is 23.8 Å². The molecule has 3 fully saturated rings. The zero-order chi connectivity index (χ0) is 14.2. The van der Waals surface area contributed by atoms with Gasteiger partial charge in [0, 0.05) is 32.2 Å². The van der Waals surface area contributed by atoms with Gasteiger partial charge in [-0.3, -0.25) is 0 Å². The Kier molecular flexibility index (Phi) is 4.42. The Bertz CT molecular complexity index is 305. The van der Waals surface area contributed by atoms with Gasteiger partial charge in [-0.05, 0) is 48.9 Å². The van der Waals surface area contributed by atoms with Crippen LogP contribution >= 0.6 is 0 Å². The second-order valence-electron chi connectivity index (χ2n) is 8.49. The van der Waals surface area contributed by atoms with E-state index in [-0.39, 0.29) is 0 Å². The minimum absolute atomic E-state index is 0.582. The molecule has 0 aromatic carbocycles. The van der Waals surface area contributed by atoms with Crippen LogP contribution in [-0.4, -0.2) is 37.1 Å². The Morgan fingerprint density at radius 2 is 1.55 bits per heavy atom. The molecular weight excluding hydrogens is 244 g/mol. The molecule has 2 unspecified atom stereocenters. The third-order valence-electron chi connectivity index (χ3n) is 6.30. The molecule has 2 saturated carbocycles. The molecule has 2 nitrogen and oxygen atoms in total. The van der Waals surface area contributed by atoms with Crippen LogP contribution in [0, 0.1) is 23.2 Å². The molecule has 116 valence electrons. The van der Waals surface area contributed by atoms with E-state index in [0.29, 0.717) is 5.41 Å². The third-order valence-corrected chi connectivity index (χ3v) is 6.30. The average molecular weight is 278 g/mol. The molecule has 0 aromatic heterocycles. The van der Waals surface area contributed by atoms with Gasteiger partial charge in [-0.15, -0.1) is 0 Å². The molecule has 0 spiro atoms. The van der Waals surface area contributed by atoms with Crippen molar-refractivity contribution in [1.29, 1.82) is 0 Å². The Labute approximate surface area is 125 Å². The lowest BCUT2D eigenvalue weighted by Gasteiger charge is -2.42. The van der Waals surface area contributed by atoms with Crippen molar-refractivity contribution in [3.63, 3.8) is 0 Å². The van der Waals surface area contributed by atoms with Crippen molar-refractivity contribution in [2.24, 2.45) is 23.2 Å². The largest absolute Gasteiger partial charge is 0.313 e. The topological polar surface area (TPSA) is 15.3 Å². The summed E-state index contributed by atoms with van der Waals surface area (Å²) in [6.07, 6.45) is 8.64. The van der Waals surface area contributed by atoms with E-state index in [2.05, 4.69) is 31.0 Å². The molecule has 0 aromatic rings. The summed E-state index contributed by atoms with van der Waals surface area (Å²) >= 11 is 0. The molecule has 20 heavy (non-hydrogen) atoms. The molecule has 1 saturated heterocycles. The van der Waals surface area contributed by atoms with Gasteiger partial charge < -0.3 is 10.2 Å². The van der Waals surface area contributed by atoms with E-state index in [1.165, 1.54) is 64.7 Å². The molecule has 0 amide bonds. The first-order chi connectivity index (χ1) is 9.56. The number of likely N-dealkylation sites (tertiary alicyclic amines) is 1. The molecule has 2 aliphatic carbocycles. The van der Waals surface area contributed by atoms with Crippen LogP contribution < -0.4 is 5.32 Å². The maximum atomic E-state index is 3.85. The lowest BCUT2D eigenvalue weighted by Crippen LogP contribution is -2.46. The summed E-state index contributed by atoms with van der Waals surface area (Å²) in [6.45, 7) is 12.6. The van der Waals surface area contributed by atoms with Crippen molar-refractivity contribution < 1.29 is 0 Å². The number of rotatable bonds is 5. The maximum Gasteiger partial charge on any atom is 0.00684 e. The Hall–Kier alpha value is -0.0800. The van der Waals surface area contributed by atoms with Crippen molar-refractivity contribution in [2.75, 3.05) is 26.2 Å². The maximum absolute atomic E-state index is 3.85. The van der Waals surface area contributed by atoms with Gasteiger partial charge in [0.15, 0.2) is 0 Å². The second-order valence-corrected chi connectivity index (χ2v) is 8.49. The number of hydrogen-bond acceptors (Lipinski definition) is 2. The number of nitrogens with one attached hydrogen (secondary N) is 1. The molecular formula is C18H34N2. The minimum atomic E-state index is 0.582. The van der Waals surface area contributed by atoms with Crippen LogP contribution in [-0.2, 0) is 0 Å². The van der Waals surface area contributed by atoms with Crippen LogP contribution in [0.3, 0.4) is 0 Å². The van der Waals surface area contributed by atoms with Crippen LogP contribution in [0.2, 0.25) is 0 Å². The van der Waals surface area contributed by atoms with Gasteiger partial charge in [-0.2, -0.15) is 0 Å². The molecule has 3 rings (SSSR count). The quantitative estimate of drug-likeness (QED) is 0.828. The van der Waals surface area contributed by atoms with Crippen LogP contribution in [0.15, 0.2) is 0 Å². The first-order valence-electron chi connectivity index (χ1n) is 9.02. The monoisotopic (exact) mass is 278 g/mol. The highest BCUT2D eigenvalue weighted by atomic mass is 15.2. The smallest absolute Gasteiger partial charge is 0.00684 e. The molecule has 1 N–H and O–H groups in total. The van der Waals surface area contributed by atoms with E-state index < -0.39 is 0 Å². The zero-order valence-corrected chi connectivity index (χ0v) is 13.8. The van der Waals surface area contributed by atoms with Gasteiger partial charge in [0.05, 0.1) is 0 Å². The average Bonchev–Trinajstić information content (AvgIpc) is 3.19. The Morgan fingerprint density at radius 3 is 2.10 bits per heavy atom. The Morgan fingerprint density at radius 1 is 0.950 bits per heavy atom. The first-order valence-corrected chi connectivity index (χ1v) is 9.02. The van der Waals surface area contributed by atoms with Gasteiger partial charge >= 0.3 is 0 Å². The van der Waals surface area contributed by atoms with Crippen LogP contribution in [0.1, 0.15) is 59.3 Å². The predicted molar refractivity (Wildman–Crippen MR) is 85.9 cm³/mol. The molecule has 3 aliphatic rings. The summed E-state index contributed by atoms with van der Waals surface area (Å²) in [6, 6.07) is 0.864. The van der Waals surface area contributed by atoms with Crippen LogP contribution in [0.25, 0.3) is 0 Å². The first kappa shape index (κ1) is 14.8. The molecule has 2 atom stereocenters. The highest BCUT2D eigenvalue weighted by Gasteiger charge is 2.39. The fourth-order valence-electron chi connectivity index (χ4n) is 4.27. The third kappa shape index (κ3) is 3.57. The fraction of sp³-hybridized carbons (Fsp3) is 1.00. The highest BCUT2D eigenvalue weighted by molar-refractivity contribution is 4.94. The fourth-order valence-corrected chi connectivity index (χ4v) is 4.27. The summed E-state index contributed by atoms with van der Waals surface area (Å²) in [5, 5.41) is 3.85. The van der Waals surface area contributed by atoms with Gasteiger partial charge in [0.25, 0.3) is 0 Å². The molecule has 0 bridgehead atoms. The lowest BCUT2D eigenvalue weighted by atomic mass is 9.70. The van der Waals surface area contributed by atoms with E-state index >= 15 is 0 Å². The van der Waals surface area contributed by atoms with Crippen molar-refractivity contribution in [2.45, 2.75) is 65.3 Å². The normalized spacial score (nSPS) is 43.0. The predicted octanol–water partition coefficient (Wildman–Crippen LogP) is 3.52. The summed E-state index contributed by atoms with van der Waals surface area (Å²) in [7, 11) is 0. The van der Waals surface area contributed by atoms with Gasteiger partial charge in [-0.1, -0.05) is 33.6 Å². The summed E-state index contributed by atoms with van der Waals surface area (Å²) in [4.78, 5) is 2.78. The minimum Gasteiger partial charge on any atom is -0.313 e. The Balaban J connectivity index is 1.59. The van der Waals surface area contributed by atoms with Gasteiger partial charge in [0.2, 0.25) is 0 Å². The van der Waals surface area contributed by atoms with Crippen LogP contribution in [0.5, 0.6) is 0 Å². The van der Waals surface area contributed by atoms with Gasteiger partial charge in [-0.25, -0.2) is 0 Å². The molecule has 0 radical (unpaired) electrons. The second kappa shape index (κ2) is 5.96. The standard InChI is InChI=1S/C18H34N2/c1-14-6-8-18(9-7-14,12-19-17-4-5-17)13-20-10-15(2)16(3)11-20/h14-17,19H,4-13H2,1-3H3.